The molecule has 2 rings (SSSR count). The van der Waals surface area contributed by atoms with Gasteiger partial charge >= 0.3 is 5.97 Å². The molecule has 1 unspecified atom stereocenters. The van der Waals surface area contributed by atoms with E-state index in [1.807, 2.05) is 31.2 Å². The summed E-state index contributed by atoms with van der Waals surface area (Å²) in [5.74, 6) is -1.23. The third kappa shape index (κ3) is 4.08. The van der Waals surface area contributed by atoms with Crippen LogP contribution < -0.4 is 4.72 Å². The van der Waals surface area contributed by atoms with Gasteiger partial charge in [0, 0.05) is 23.5 Å². The molecule has 1 aromatic carbocycles. The summed E-state index contributed by atoms with van der Waals surface area (Å²) in [5, 5.41) is 10.2. The van der Waals surface area contributed by atoms with Crippen molar-refractivity contribution in [1.82, 2.24) is 9.71 Å². The maximum atomic E-state index is 11.9. The first kappa shape index (κ1) is 16.5. The summed E-state index contributed by atoms with van der Waals surface area (Å²) in [7, 11) is -3.59. The van der Waals surface area contributed by atoms with Gasteiger partial charge in [0.25, 0.3) is 0 Å². The molecule has 0 aliphatic carbocycles. The molecule has 1 aromatic heterocycles. The van der Waals surface area contributed by atoms with Crippen LogP contribution in [0.25, 0.3) is 10.9 Å². The number of aliphatic carboxylic acids is 1. The number of para-hydroxylation sites is 1. The van der Waals surface area contributed by atoms with Gasteiger partial charge in [-0.3, -0.25) is 4.79 Å². The van der Waals surface area contributed by atoms with Gasteiger partial charge in [-0.2, -0.15) is 0 Å². The van der Waals surface area contributed by atoms with Crippen LogP contribution in [0.4, 0.5) is 0 Å². The van der Waals surface area contributed by atoms with Crippen LogP contribution in [0.1, 0.15) is 25.3 Å². The Morgan fingerprint density at radius 2 is 2.09 bits per heavy atom. The zero-order chi connectivity index (χ0) is 16.2. The van der Waals surface area contributed by atoms with Gasteiger partial charge in [-0.25, -0.2) is 13.1 Å². The third-order valence-electron chi connectivity index (χ3n) is 3.49. The highest BCUT2D eigenvalue weighted by atomic mass is 32.2. The fraction of sp³-hybridized carbons (Fsp3) is 0.400. The number of hydrogen-bond acceptors (Lipinski definition) is 3. The van der Waals surface area contributed by atoms with E-state index in [1.54, 1.807) is 6.20 Å². The molecule has 7 heteroatoms. The molecule has 6 nitrogen and oxygen atoms in total. The van der Waals surface area contributed by atoms with Crippen molar-refractivity contribution in [2.24, 2.45) is 0 Å². The quantitative estimate of drug-likeness (QED) is 0.690. The molecule has 0 saturated carbocycles. The van der Waals surface area contributed by atoms with Gasteiger partial charge in [0.15, 0.2) is 0 Å². The topological polar surface area (TPSA) is 99.3 Å². The number of sulfonamides is 1. The number of nitrogens with one attached hydrogen (secondary N) is 2. The molecule has 0 aliphatic rings. The Hall–Kier alpha value is -1.86. The van der Waals surface area contributed by atoms with E-state index in [4.69, 9.17) is 0 Å². The molecule has 0 fully saturated rings. The maximum Gasteiger partial charge on any atom is 0.322 e. The fourth-order valence-electron chi connectivity index (χ4n) is 2.31. The number of fused-ring (bicyclic) bond motifs is 1. The van der Waals surface area contributed by atoms with Crippen LogP contribution in [-0.2, 0) is 21.2 Å². The summed E-state index contributed by atoms with van der Waals surface area (Å²) in [4.78, 5) is 14.4. The van der Waals surface area contributed by atoms with E-state index in [0.717, 1.165) is 22.9 Å². The van der Waals surface area contributed by atoms with E-state index >= 15 is 0 Å². The lowest BCUT2D eigenvalue weighted by Gasteiger charge is -2.14. The highest BCUT2D eigenvalue weighted by molar-refractivity contribution is 7.89. The number of benzene rings is 1. The zero-order valence-electron chi connectivity index (χ0n) is 12.4. The van der Waals surface area contributed by atoms with Crippen molar-refractivity contribution >= 4 is 26.9 Å². The first-order valence-electron chi connectivity index (χ1n) is 7.20. The molecule has 0 radical (unpaired) electrons. The second-order valence-electron chi connectivity index (χ2n) is 5.24. The van der Waals surface area contributed by atoms with Gasteiger partial charge in [-0.15, -0.1) is 0 Å². The Morgan fingerprint density at radius 3 is 2.77 bits per heavy atom. The zero-order valence-corrected chi connectivity index (χ0v) is 13.2. The summed E-state index contributed by atoms with van der Waals surface area (Å²) < 4.78 is 26.1. The average Bonchev–Trinajstić information content (AvgIpc) is 2.88. The molecule has 1 heterocycles. The van der Waals surface area contributed by atoms with Crippen molar-refractivity contribution < 1.29 is 18.3 Å². The number of carbonyl (C=O) groups is 1. The van der Waals surface area contributed by atoms with Crippen molar-refractivity contribution in [3.63, 3.8) is 0 Å². The number of hydrogen-bond donors (Lipinski definition) is 3. The van der Waals surface area contributed by atoms with Crippen molar-refractivity contribution in [2.45, 2.75) is 32.2 Å². The first-order valence-corrected chi connectivity index (χ1v) is 8.86. The second-order valence-corrected chi connectivity index (χ2v) is 7.12. The summed E-state index contributed by atoms with van der Waals surface area (Å²) in [5.41, 5.74) is 1.68. The van der Waals surface area contributed by atoms with Crippen LogP contribution in [0.3, 0.4) is 0 Å². The normalized spacial score (nSPS) is 13.3. The standard InChI is InChI=1S/C15H20N2O4S/c1-2-3-8-22(20,21)17-14(15(18)19)9-11-10-16-13-7-5-4-6-12(11)13/h4-7,10,14,16-17H,2-3,8-9H2,1H3,(H,18,19). The van der Waals surface area contributed by atoms with Crippen molar-refractivity contribution in [3.8, 4) is 0 Å². The summed E-state index contributed by atoms with van der Waals surface area (Å²) in [6, 6.07) is 6.35. The third-order valence-corrected chi connectivity index (χ3v) is 4.96. The minimum atomic E-state index is -3.59. The van der Waals surface area contributed by atoms with E-state index in [-0.39, 0.29) is 12.2 Å². The van der Waals surface area contributed by atoms with Gasteiger partial charge in [0.05, 0.1) is 5.75 Å². The Bertz CT molecular complexity index is 752. The number of aromatic amines is 1. The van der Waals surface area contributed by atoms with Crippen LogP contribution in [0, 0.1) is 0 Å². The van der Waals surface area contributed by atoms with Gasteiger partial charge in [-0.05, 0) is 18.1 Å². The molecular formula is C15H20N2O4S. The SMILES string of the molecule is CCCCS(=O)(=O)NC(Cc1c[nH]c2ccccc12)C(=O)O. The average molecular weight is 324 g/mol. The molecule has 2 aromatic rings. The molecule has 0 bridgehead atoms. The largest absolute Gasteiger partial charge is 0.480 e. The Labute approximate surface area is 129 Å². The van der Waals surface area contributed by atoms with Crippen molar-refractivity contribution in [3.05, 3.63) is 36.0 Å². The van der Waals surface area contributed by atoms with Crippen LogP contribution in [0.15, 0.2) is 30.5 Å². The number of rotatable bonds is 8. The molecule has 120 valence electrons. The lowest BCUT2D eigenvalue weighted by Crippen LogP contribution is -2.43. The van der Waals surface area contributed by atoms with E-state index in [9.17, 15) is 18.3 Å². The molecule has 0 spiro atoms. The van der Waals surface area contributed by atoms with E-state index < -0.39 is 22.0 Å². The summed E-state index contributed by atoms with van der Waals surface area (Å²) in [6.07, 6.45) is 3.07. The summed E-state index contributed by atoms with van der Waals surface area (Å²) in [6.45, 7) is 1.89. The minimum Gasteiger partial charge on any atom is -0.480 e. The molecule has 0 aliphatic heterocycles. The van der Waals surface area contributed by atoms with Gasteiger partial charge in [0.1, 0.15) is 6.04 Å². The molecule has 0 amide bonds. The molecule has 3 N–H and O–H groups in total. The fourth-order valence-corrected chi connectivity index (χ4v) is 3.71. The minimum absolute atomic E-state index is 0.0544. The van der Waals surface area contributed by atoms with Crippen molar-refractivity contribution in [1.29, 1.82) is 0 Å². The number of carboxylic acid groups (broad SMARTS) is 1. The van der Waals surface area contributed by atoms with E-state index in [2.05, 4.69) is 9.71 Å². The lowest BCUT2D eigenvalue weighted by atomic mass is 10.1. The molecule has 0 saturated heterocycles. The highest BCUT2D eigenvalue weighted by Gasteiger charge is 2.24. The smallest absolute Gasteiger partial charge is 0.322 e. The number of unbranched alkanes of at least 4 members (excludes halogenated alkanes) is 1. The van der Waals surface area contributed by atoms with Crippen LogP contribution in [-0.4, -0.2) is 36.3 Å². The first-order chi connectivity index (χ1) is 10.4. The number of carboxylic acids is 1. The van der Waals surface area contributed by atoms with Crippen LogP contribution in [0.2, 0.25) is 0 Å². The van der Waals surface area contributed by atoms with Crippen LogP contribution in [0.5, 0.6) is 0 Å². The molecular weight excluding hydrogens is 304 g/mol. The second kappa shape index (κ2) is 6.93. The van der Waals surface area contributed by atoms with Crippen LogP contribution >= 0.6 is 0 Å². The lowest BCUT2D eigenvalue weighted by molar-refractivity contribution is -0.138. The van der Waals surface area contributed by atoms with Gasteiger partial charge in [0.2, 0.25) is 10.0 Å². The Balaban J connectivity index is 2.17. The van der Waals surface area contributed by atoms with Gasteiger partial charge in [-0.1, -0.05) is 31.5 Å². The highest BCUT2D eigenvalue weighted by Crippen LogP contribution is 2.19. The van der Waals surface area contributed by atoms with Gasteiger partial charge < -0.3 is 10.1 Å². The Kier molecular flexibility index (Phi) is 5.20. The predicted octanol–water partition coefficient (Wildman–Crippen LogP) is 1.88. The maximum absolute atomic E-state index is 11.9. The molecule has 22 heavy (non-hydrogen) atoms. The predicted molar refractivity (Wildman–Crippen MR) is 85.3 cm³/mol. The number of H-pyrrole nitrogens is 1. The van der Waals surface area contributed by atoms with E-state index in [0.29, 0.717) is 6.42 Å². The monoisotopic (exact) mass is 324 g/mol. The number of aromatic nitrogens is 1. The summed E-state index contributed by atoms with van der Waals surface area (Å²) >= 11 is 0. The van der Waals surface area contributed by atoms with Crippen molar-refractivity contribution in [2.75, 3.05) is 5.75 Å². The molecule has 1 atom stereocenters. The van der Waals surface area contributed by atoms with E-state index in [1.165, 1.54) is 0 Å². The Morgan fingerprint density at radius 1 is 1.36 bits per heavy atom.